The van der Waals surface area contributed by atoms with E-state index in [-0.39, 0.29) is 11.5 Å². The van der Waals surface area contributed by atoms with Crippen LogP contribution in [-0.4, -0.2) is 16.6 Å². The van der Waals surface area contributed by atoms with Crippen LogP contribution in [-0.2, 0) is 17.6 Å². The number of halogens is 1. The molecule has 0 aromatic carbocycles. The largest absolute Gasteiger partial charge is 0.370 e. The van der Waals surface area contributed by atoms with E-state index in [1.807, 2.05) is 6.92 Å². The Morgan fingerprint density at radius 1 is 1.21 bits per heavy atom. The van der Waals surface area contributed by atoms with Gasteiger partial charge >= 0.3 is 0 Å². The highest BCUT2D eigenvalue weighted by molar-refractivity contribution is 6.30. The molecular formula is C15H23ClN2O. The lowest BCUT2D eigenvalue weighted by atomic mass is 9.88. The highest BCUT2D eigenvalue weighted by Gasteiger charge is 2.31. The van der Waals surface area contributed by atoms with E-state index in [2.05, 4.69) is 25.8 Å². The van der Waals surface area contributed by atoms with Gasteiger partial charge in [0.2, 0.25) is 0 Å². The molecule has 1 aromatic heterocycles. The fourth-order valence-corrected chi connectivity index (χ4v) is 2.85. The van der Waals surface area contributed by atoms with Gasteiger partial charge in [0.25, 0.3) is 0 Å². The first-order valence-electron chi connectivity index (χ1n) is 7.10. The zero-order valence-corrected chi connectivity index (χ0v) is 13.0. The first-order valence-corrected chi connectivity index (χ1v) is 7.48. The second kappa shape index (κ2) is 5.76. The summed E-state index contributed by atoms with van der Waals surface area (Å²) in [6.07, 6.45) is 4.27. The van der Waals surface area contributed by atoms with Crippen molar-refractivity contribution in [3.05, 3.63) is 22.2 Å². The third kappa shape index (κ3) is 3.26. The van der Waals surface area contributed by atoms with Crippen molar-refractivity contribution in [2.45, 2.75) is 59.5 Å². The summed E-state index contributed by atoms with van der Waals surface area (Å²) in [6, 6.07) is 0. The molecule has 106 valence electrons. The topological polar surface area (TPSA) is 35.0 Å². The zero-order chi connectivity index (χ0) is 14.0. The van der Waals surface area contributed by atoms with Crippen molar-refractivity contribution >= 4 is 11.6 Å². The van der Waals surface area contributed by atoms with Crippen LogP contribution in [0.15, 0.2) is 0 Å². The Bertz CT molecular complexity index is 454. The SMILES string of the molecule is CCOC(c1nc(Cl)c2c(n1)CCCC2)C(C)(C)C. The van der Waals surface area contributed by atoms with Crippen molar-refractivity contribution in [3.8, 4) is 0 Å². The second-order valence-corrected chi connectivity index (χ2v) is 6.56. The summed E-state index contributed by atoms with van der Waals surface area (Å²) in [5.74, 6) is 0.736. The number of rotatable bonds is 3. The summed E-state index contributed by atoms with van der Waals surface area (Å²) in [7, 11) is 0. The quantitative estimate of drug-likeness (QED) is 0.782. The smallest absolute Gasteiger partial charge is 0.159 e. The standard InChI is InChI=1S/C15H23ClN2O/c1-5-19-12(15(2,3)4)14-17-11-9-7-6-8-10(11)13(16)18-14/h12H,5-9H2,1-4H3. The maximum Gasteiger partial charge on any atom is 0.159 e. The molecule has 0 spiro atoms. The van der Waals surface area contributed by atoms with Gasteiger partial charge in [-0.15, -0.1) is 0 Å². The lowest BCUT2D eigenvalue weighted by Gasteiger charge is -2.30. The van der Waals surface area contributed by atoms with Crippen LogP contribution in [0.25, 0.3) is 0 Å². The summed E-state index contributed by atoms with van der Waals surface area (Å²) < 4.78 is 5.85. The average molecular weight is 283 g/mol. The van der Waals surface area contributed by atoms with Crippen LogP contribution in [0.2, 0.25) is 5.15 Å². The van der Waals surface area contributed by atoms with Crippen LogP contribution >= 0.6 is 11.6 Å². The van der Waals surface area contributed by atoms with Crippen molar-refractivity contribution in [2.24, 2.45) is 5.41 Å². The summed E-state index contributed by atoms with van der Waals surface area (Å²) in [6.45, 7) is 9.08. The number of aromatic nitrogens is 2. The van der Waals surface area contributed by atoms with E-state index in [1.54, 1.807) is 0 Å². The minimum atomic E-state index is -0.109. The van der Waals surface area contributed by atoms with Gasteiger partial charge in [-0.1, -0.05) is 32.4 Å². The Morgan fingerprint density at radius 3 is 2.53 bits per heavy atom. The van der Waals surface area contributed by atoms with Gasteiger partial charge in [0.15, 0.2) is 5.82 Å². The minimum Gasteiger partial charge on any atom is -0.370 e. The van der Waals surface area contributed by atoms with Crippen LogP contribution in [0, 0.1) is 5.41 Å². The van der Waals surface area contributed by atoms with E-state index in [9.17, 15) is 0 Å². The Morgan fingerprint density at radius 2 is 1.89 bits per heavy atom. The molecule has 1 unspecified atom stereocenters. The van der Waals surface area contributed by atoms with Gasteiger partial charge < -0.3 is 4.74 Å². The number of nitrogens with zero attached hydrogens (tertiary/aromatic N) is 2. The van der Waals surface area contributed by atoms with Crippen LogP contribution < -0.4 is 0 Å². The molecule has 0 bridgehead atoms. The Labute approximate surface area is 120 Å². The number of hydrogen-bond donors (Lipinski definition) is 0. The molecule has 0 N–H and O–H groups in total. The van der Waals surface area contributed by atoms with E-state index in [4.69, 9.17) is 21.3 Å². The summed E-state index contributed by atoms with van der Waals surface area (Å²) in [5.41, 5.74) is 2.22. The molecule has 1 aliphatic rings. The molecule has 19 heavy (non-hydrogen) atoms. The van der Waals surface area contributed by atoms with Gasteiger partial charge in [0, 0.05) is 17.9 Å². The maximum atomic E-state index is 6.33. The minimum absolute atomic E-state index is 0.0394. The summed E-state index contributed by atoms with van der Waals surface area (Å²) in [4.78, 5) is 9.24. The molecule has 0 amide bonds. The van der Waals surface area contributed by atoms with Gasteiger partial charge in [-0.25, -0.2) is 9.97 Å². The molecule has 1 heterocycles. The lowest BCUT2D eigenvalue weighted by Crippen LogP contribution is -2.25. The zero-order valence-electron chi connectivity index (χ0n) is 12.3. The normalized spacial score (nSPS) is 17.1. The van der Waals surface area contributed by atoms with Crippen molar-refractivity contribution in [2.75, 3.05) is 6.61 Å². The van der Waals surface area contributed by atoms with Gasteiger partial charge in [-0.05, 0) is 38.0 Å². The van der Waals surface area contributed by atoms with Crippen LogP contribution in [0.4, 0.5) is 0 Å². The highest BCUT2D eigenvalue weighted by Crippen LogP contribution is 2.36. The molecule has 2 rings (SSSR count). The third-order valence-corrected chi connectivity index (χ3v) is 3.82. The molecule has 0 fully saturated rings. The maximum absolute atomic E-state index is 6.33. The van der Waals surface area contributed by atoms with Crippen LogP contribution in [0.1, 0.15) is 63.7 Å². The number of ether oxygens (including phenoxy) is 1. The van der Waals surface area contributed by atoms with Crippen LogP contribution in [0.5, 0.6) is 0 Å². The Kier molecular flexibility index (Phi) is 4.46. The van der Waals surface area contributed by atoms with Crippen molar-refractivity contribution < 1.29 is 4.74 Å². The molecular weight excluding hydrogens is 260 g/mol. The predicted octanol–water partition coefficient (Wildman–Crippen LogP) is 4.13. The van der Waals surface area contributed by atoms with Gasteiger partial charge in [-0.3, -0.25) is 0 Å². The van der Waals surface area contributed by atoms with Gasteiger partial charge in [-0.2, -0.15) is 0 Å². The molecule has 1 aliphatic carbocycles. The Hall–Kier alpha value is -0.670. The predicted molar refractivity (Wildman–Crippen MR) is 77.5 cm³/mol. The number of aryl methyl sites for hydroxylation is 1. The van der Waals surface area contributed by atoms with E-state index in [0.29, 0.717) is 11.8 Å². The fourth-order valence-electron chi connectivity index (χ4n) is 2.56. The molecule has 1 atom stereocenters. The number of fused-ring (bicyclic) bond motifs is 1. The van der Waals surface area contributed by atoms with Gasteiger partial charge in [0.05, 0.1) is 0 Å². The van der Waals surface area contributed by atoms with E-state index < -0.39 is 0 Å². The highest BCUT2D eigenvalue weighted by atomic mass is 35.5. The third-order valence-electron chi connectivity index (χ3n) is 3.50. The fraction of sp³-hybridized carbons (Fsp3) is 0.733. The van der Waals surface area contributed by atoms with Crippen molar-refractivity contribution in [3.63, 3.8) is 0 Å². The van der Waals surface area contributed by atoms with Crippen LogP contribution in [0.3, 0.4) is 0 Å². The molecule has 0 radical (unpaired) electrons. The van der Waals surface area contributed by atoms with E-state index >= 15 is 0 Å². The van der Waals surface area contributed by atoms with E-state index in [1.165, 1.54) is 12.8 Å². The van der Waals surface area contributed by atoms with Crippen molar-refractivity contribution in [1.82, 2.24) is 9.97 Å². The molecule has 4 heteroatoms. The summed E-state index contributed by atoms with van der Waals surface area (Å²) >= 11 is 6.33. The molecule has 0 saturated heterocycles. The lowest BCUT2D eigenvalue weighted by molar-refractivity contribution is -0.0193. The molecule has 1 aromatic rings. The molecule has 3 nitrogen and oxygen atoms in total. The first kappa shape index (κ1) is 14.7. The van der Waals surface area contributed by atoms with Gasteiger partial charge in [0.1, 0.15) is 11.3 Å². The Balaban J connectivity index is 2.40. The summed E-state index contributed by atoms with van der Waals surface area (Å²) in [5, 5.41) is 0.619. The first-order chi connectivity index (χ1) is 8.93. The number of hydrogen-bond acceptors (Lipinski definition) is 3. The molecule has 0 saturated carbocycles. The second-order valence-electron chi connectivity index (χ2n) is 6.21. The van der Waals surface area contributed by atoms with E-state index in [0.717, 1.165) is 29.9 Å². The average Bonchev–Trinajstić information content (AvgIpc) is 2.34. The molecule has 0 aliphatic heterocycles. The van der Waals surface area contributed by atoms with Crippen molar-refractivity contribution in [1.29, 1.82) is 0 Å². The monoisotopic (exact) mass is 282 g/mol.